The third kappa shape index (κ3) is 6.64. The van der Waals surface area contributed by atoms with Crippen molar-refractivity contribution in [2.75, 3.05) is 64.0 Å². The molecule has 0 saturated carbocycles. The Hall–Kier alpha value is -2.28. The van der Waals surface area contributed by atoms with Crippen molar-refractivity contribution in [1.82, 2.24) is 14.2 Å². The summed E-state index contributed by atoms with van der Waals surface area (Å²) in [7, 11) is -3.64. The monoisotopic (exact) mass is 582 g/mol. The highest BCUT2D eigenvalue weighted by atomic mass is 35.5. The molecule has 1 aromatic heterocycles. The second kappa shape index (κ2) is 13.7. The van der Waals surface area contributed by atoms with Crippen LogP contribution in [-0.4, -0.2) is 87.6 Å². The number of sulfonamides is 1. The Morgan fingerprint density at radius 3 is 2.37 bits per heavy atom. The number of benzene rings is 2. The van der Waals surface area contributed by atoms with E-state index in [1.807, 2.05) is 25.1 Å². The maximum absolute atomic E-state index is 13.8. The molecule has 1 amide bonds. The van der Waals surface area contributed by atoms with E-state index < -0.39 is 10.0 Å². The smallest absolute Gasteiger partial charge is 0.260 e. The minimum Gasteiger partial charge on any atom is -0.492 e. The molecular weight excluding hydrogens is 548 g/mol. The van der Waals surface area contributed by atoms with E-state index in [9.17, 15) is 13.2 Å². The molecule has 0 N–H and O–H groups in total. The lowest BCUT2D eigenvalue weighted by molar-refractivity contribution is 0.0730. The summed E-state index contributed by atoms with van der Waals surface area (Å²) in [5, 5.41) is 0.587. The van der Waals surface area contributed by atoms with E-state index in [-0.39, 0.29) is 23.2 Å². The van der Waals surface area contributed by atoms with Gasteiger partial charge in [-0.3, -0.25) is 9.69 Å². The molecule has 1 saturated heterocycles. The molecule has 4 rings (SSSR count). The largest absolute Gasteiger partial charge is 0.492 e. The third-order valence-corrected chi connectivity index (χ3v) is 9.35. The number of anilines is 1. The van der Waals surface area contributed by atoms with E-state index in [1.165, 1.54) is 27.8 Å². The Labute approximate surface area is 234 Å². The molecule has 9 nitrogen and oxygen atoms in total. The van der Waals surface area contributed by atoms with Crippen LogP contribution < -0.4 is 9.64 Å². The SMILES string of the molecule is CCOc1cccc2sc(N(CCN(CC)CC)C(=O)c3ccc(S(=O)(=O)N4CCOCC4)cc3)nc12.Cl. The topological polar surface area (TPSA) is 92.3 Å². The van der Waals surface area contributed by atoms with Gasteiger partial charge in [-0.1, -0.05) is 31.3 Å². The average molecular weight is 583 g/mol. The minimum atomic E-state index is -3.64. The zero-order valence-corrected chi connectivity index (χ0v) is 24.4. The quantitative estimate of drug-likeness (QED) is 0.336. The predicted octanol–water partition coefficient (Wildman–Crippen LogP) is 4.13. The van der Waals surface area contributed by atoms with Gasteiger partial charge in [-0.05, 0) is 56.4 Å². The van der Waals surface area contributed by atoms with Gasteiger partial charge in [0.1, 0.15) is 11.3 Å². The third-order valence-electron chi connectivity index (χ3n) is 6.39. The normalized spacial score (nSPS) is 14.4. The summed E-state index contributed by atoms with van der Waals surface area (Å²) in [5.41, 5.74) is 1.14. The van der Waals surface area contributed by atoms with Crippen LogP contribution in [0.2, 0.25) is 0 Å². The van der Waals surface area contributed by atoms with Gasteiger partial charge in [-0.25, -0.2) is 13.4 Å². The van der Waals surface area contributed by atoms with Gasteiger partial charge in [0.15, 0.2) is 5.13 Å². The summed E-state index contributed by atoms with van der Waals surface area (Å²) in [6, 6.07) is 11.9. The zero-order chi connectivity index (χ0) is 26.4. The summed E-state index contributed by atoms with van der Waals surface area (Å²) >= 11 is 1.44. The summed E-state index contributed by atoms with van der Waals surface area (Å²) < 4.78 is 39.4. The lowest BCUT2D eigenvalue weighted by Crippen LogP contribution is -2.40. The van der Waals surface area contributed by atoms with Crippen molar-refractivity contribution in [1.29, 1.82) is 0 Å². The van der Waals surface area contributed by atoms with Gasteiger partial charge >= 0.3 is 0 Å². The number of ether oxygens (including phenoxy) is 2. The zero-order valence-electron chi connectivity index (χ0n) is 22.0. The number of para-hydroxylation sites is 1. The molecule has 0 atom stereocenters. The van der Waals surface area contributed by atoms with E-state index in [0.29, 0.717) is 62.4 Å². The molecule has 0 radical (unpaired) electrons. The Kier molecular flexibility index (Phi) is 10.9. The van der Waals surface area contributed by atoms with Crippen LogP contribution in [0.1, 0.15) is 31.1 Å². The number of morpholine rings is 1. The number of rotatable bonds is 11. The number of likely N-dealkylation sites (N-methyl/N-ethyl adjacent to an activating group) is 1. The van der Waals surface area contributed by atoms with Gasteiger partial charge in [0.25, 0.3) is 5.91 Å². The molecule has 2 heterocycles. The fraction of sp³-hybridized carbons (Fsp3) is 0.462. The number of halogens is 1. The van der Waals surface area contributed by atoms with Crippen LogP contribution in [0.4, 0.5) is 5.13 Å². The highest BCUT2D eigenvalue weighted by Crippen LogP contribution is 2.35. The number of hydrogen-bond donors (Lipinski definition) is 0. The number of nitrogens with zero attached hydrogens (tertiary/aromatic N) is 4. The van der Waals surface area contributed by atoms with Crippen molar-refractivity contribution in [2.24, 2.45) is 0 Å². The van der Waals surface area contributed by atoms with Crippen LogP contribution in [-0.2, 0) is 14.8 Å². The number of carbonyl (C=O) groups is 1. The van der Waals surface area contributed by atoms with Crippen LogP contribution in [0.25, 0.3) is 10.2 Å². The number of carbonyl (C=O) groups excluding carboxylic acids is 1. The van der Waals surface area contributed by atoms with Crippen LogP contribution in [0, 0.1) is 0 Å². The predicted molar refractivity (Wildman–Crippen MR) is 154 cm³/mol. The molecular formula is C26H35ClN4O5S2. The van der Waals surface area contributed by atoms with Gasteiger partial charge in [0.05, 0.1) is 29.4 Å². The highest BCUT2D eigenvalue weighted by Gasteiger charge is 2.27. The van der Waals surface area contributed by atoms with Crippen molar-refractivity contribution < 1.29 is 22.7 Å². The molecule has 0 unspecified atom stereocenters. The van der Waals surface area contributed by atoms with Gasteiger partial charge in [0.2, 0.25) is 10.0 Å². The fourth-order valence-corrected chi connectivity index (χ4v) is 6.64. The van der Waals surface area contributed by atoms with E-state index in [0.717, 1.165) is 23.3 Å². The first-order valence-electron chi connectivity index (χ1n) is 12.6. The van der Waals surface area contributed by atoms with Crippen molar-refractivity contribution >= 4 is 55.0 Å². The fourth-order valence-electron chi connectivity index (χ4n) is 4.23. The number of hydrogen-bond acceptors (Lipinski definition) is 8. The molecule has 1 aliphatic heterocycles. The van der Waals surface area contributed by atoms with Gasteiger partial charge in [-0.2, -0.15) is 4.31 Å². The van der Waals surface area contributed by atoms with Crippen LogP contribution in [0.5, 0.6) is 5.75 Å². The first-order valence-corrected chi connectivity index (χ1v) is 14.9. The van der Waals surface area contributed by atoms with Crippen molar-refractivity contribution in [3.8, 4) is 5.75 Å². The van der Waals surface area contributed by atoms with Crippen molar-refractivity contribution in [3.63, 3.8) is 0 Å². The minimum absolute atomic E-state index is 0. The molecule has 3 aromatic rings. The summed E-state index contributed by atoms with van der Waals surface area (Å²) in [4.78, 5) is 22.6. The lowest BCUT2D eigenvalue weighted by Gasteiger charge is -2.26. The first kappa shape index (κ1) is 30.3. The molecule has 0 aliphatic carbocycles. The maximum Gasteiger partial charge on any atom is 0.260 e. The van der Waals surface area contributed by atoms with Crippen molar-refractivity contribution in [2.45, 2.75) is 25.7 Å². The average Bonchev–Trinajstić information content (AvgIpc) is 3.36. The molecule has 0 spiro atoms. The second-order valence-electron chi connectivity index (χ2n) is 8.56. The van der Waals surface area contributed by atoms with Crippen LogP contribution >= 0.6 is 23.7 Å². The molecule has 12 heteroatoms. The van der Waals surface area contributed by atoms with Crippen LogP contribution in [0.3, 0.4) is 0 Å². The summed E-state index contributed by atoms with van der Waals surface area (Å²) in [6.45, 7) is 10.9. The Morgan fingerprint density at radius 2 is 1.74 bits per heavy atom. The Morgan fingerprint density at radius 1 is 1.05 bits per heavy atom. The van der Waals surface area contributed by atoms with Gasteiger partial charge in [-0.15, -0.1) is 12.4 Å². The van der Waals surface area contributed by atoms with E-state index in [1.54, 1.807) is 17.0 Å². The Bertz CT molecular complexity index is 1310. The lowest BCUT2D eigenvalue weighted by atomic mass is 10.2. The number of aromatic nitrogens is 1. The molecule has 38 heavy (non-hydrogen) atoms. The molecule has 0 bridgehead atoms. The molecule has 1 aliphatic rings. The number of fused-ring (bicyclic) bond motifs is 1. The second-order valence-corrected chi connectivity index (χ2v) is 11.5. The van der Waals surface area contributed by atoms with Crippen molar-refractivity contribution in [3.05, 3.63) is 48.0 Å². The highest BCUT2D eigenvalue weighted by molar-refractivity contribution is 7.89. The van der Waals surface area contributed by atoms with Crippen LogP contribution in [0.15, 0.2) is 47.4 Å². The first-order chi connectivity index (χ1) is 17.9. The molecule has 208 valence electrons. The molecule has 2 aromatic carbocycles. The van der Waals surface area contributed by atoms with E-state index in [2.05, 4.69) is 18.7 Å². The molecule has 1 fully saturated rings. The van der Waals surface area contributed by atoms with Gasteiger partial charge in [0, 0.05) is 31.7 Å². The maximum atomic E-state index is 13.8. The van der Waals surface area contributed by atoms with E-state index >= 15 is 0 Å². The standard InChI is InChI=1S/C26H34N4O5S2.ClH/c1-4-28(5-2)14-15-30(26-27-24-22(35-6-3)8-7-9-23(24)36-26)25(31)20-10-12-21(13-11-20)37(32,33)29-16-18-34-19-17-29;/h7-13H,4-6,14-19H2,1-3H3;1H. The number of amides is 1. The summed E-state index contributed by atoms with van der Waals surface area (Å²) in [6.07, 6.45) is 0. The van der Waals surface area contributed by atoms with E-state index in [4.69, 9.17) is 14.5 Å². The number of thiazole rings is 1. The Balaban J connectivity index is 0.00000400. The van der Waals surface area contributed by atoms with Gasteiger partial charge < -0.3 is 14.4 Å². The summed E-state index contributed by atoms with van der Waals surface area (Å²) in [5.74, 6) is 0.468.